The lowest BCUT2D eigenvalue weighted by molar-refractivity contribution is -0.142. The molecule has 1 aromatic rings. The number of aliphatic hydroxyl groups is 1. The highest BCUT2D eigenvalue weighted by Gasteiger charge is 2.19. The summed E-state index contributed by atoms with van der Waals surface area (Å²) in [6, 6.07) is 6.76. The maximum Gasteiger partial charge on any atom is 0.326 e. The van der Waals surface area contributed by atoms with Crippen LogP contribution in [0.15, 0.2) is 24.3 Å². The fraction of sp³-hybridized carbons (Fsp3) is 0.500. The van der Waals surface area contributed by atoms with Gasteiger partial charge in [0.2, 0.25) is 5.91 Å². The van der Waals surface area contributed by atoms with Crippen molar-refractivity contribution in [1.29, 1.82) is 0 Å². The third kappa shape index (κ3) is 6.40. The lowest BCUT2D eigenvalue weighted by atomic mass is 10.0. The first-order chi connectivity index (χ1) is 10.1. The number of carboxylic acids is 1. The van der Waals surface area contributed by atoms with Gasteiger partial charge >= 0.3 is 5.97 Å². The molecule has 0 aliphatic carbocycles. The smallest absolute Gasteiger partial charge is 0.326 e. The summed E-state index contributed by atoms with van der Waals surface area (Å²) in [5.41, 5.74) is 2.09. The van der Waals surface area contributed by atoms with E-state index in [4.69, 9.17) is 10.2 Å². The number of hydrogen-bond acceptors (Lipinski definition) is 3. The van der Waals surface area contributed by atoms with Gasteiger partial charge in [0.1, 0.15) is 6.04 Å². The summed E-state index contributed by atoms with van der Waals surface area (Å²) in [6.07, 6.45) is 3.47. The van der Waals surface area contributed by atoms with E-state index in [9.17, 15) is 9.59 Å². The van der Waals surface area contributed by atoms with Crippen molar-refractivity contribution in [3.05, 3.63) is 35.4 Å². The number of carbonyl (C=O) groups excluding carboxylic acids is 1. The Morgan fingerprint density at radius 1 is 1.19 bits per heavy atom. The predicted octanol–water partition coefficient (Wildman–Crippen LogP) is 1.52. The lowest BCUT2D eigenvalue weighted by Gasteiger charge is -2.13. The number of nitrogens with one attached hydrogen (secondary N) is 1. The molecule has 1 amide bonds. The Morgan fingerprint density at radius 2 is 1.81 bits per heavy atom. The van der Waals surface area contributed by atoms with Crippen LogP contribution in [0.4, 0.5) is 0 Å². The second-order valence-corrected chi connectivity index (χ2v) is 5.07. The largest absolute Gasteiger partial charge is 0.480 e. The molecule has 0 bridgehead atoms. The Morgan fingerprint density at radius 3 is 2.33 bits per heavy atom. The Hall–Kier alpha value is -1.88. The number of carbonyl (C=O) groups is 2. The fourth-order valence-electron chi connectivity index (χ4n) is 2.02. The minimum absolute atomic E-state index is 0.0109. The zero-order chi connectivity index (χ0) is 15.7. The van der Waals surface area contributed by atoms with Crippen LogP contribution < -0.4 is 5.32 Å². The highest BCUT2D eigenvalue weighted by atomic mass is 16.4. The average Bonchev–Trinajstić information content (AvgIpc) is 2.46. The zero-order valence-corrected chi connectivity index (χ0v) is 12.3. The van der Waals surface area contributed by atoms with Crippen molar-refractivity contribution in [3.63, 3.8) is 0 Å². The third-order valence-electron chi connectivity index (χ3n) is 3.26. The summed E-state index contributed by atoms with van der Waals surface area (Å²) >= 11 is 0. The first-order valence-electron chi connectivity index (χ1n) is 7.27. The molecule has 116 valence electrons. The number of carboxylic acid groups (broad SMARTS) is 1. The zero-order valence-electron chi connectivity index (χ0n) is 12.3. The van der Waals surface area contributed by atoms with Gasteiger partial charge in [-0.25, -0.2) is 4.79 Å². The molecule has 1 rings (SSSR count). The van der Waals surface area contributed by atoms with Crippen LogP contribution in [0.1, 0.15) is 37.3 Å². The van der Waals surface area contributed by atoms with Crippen molar-refractivity contribution in [2.45, 2.75) is 45.1 Å². The number of amides is 1. The van der Waals surface area contributed by atoms with Crippen LogP contribution in [0.3, 0.4) is 0 Å². The van der Waals surface area contributed by atoms with Gasteiger partial charge < -0.3 is 15.5 Å². The van der Waals surface area contributed by atoms with Crippen LogP contribution in [0.5, 0.6) is 0 Å². The van der Waals surface area contributed by atoms with E-state index in [-0.39, 0.29) is 25.4 Å². The van der Waals surface area contributed by atoms with Gasteiger partial charge in [0.05, 0.1) is 6.42 Å². The second kappa shape index (κ2) is 9.13. The fourth-order valence-corrected chi connectivity index (χ4v) is 2.02. The summed E-state index contributed by atoms with van der Waals surface area (Å²) in [4.78, 5) is 22.7. The predicted molar refractivity (Wildman–Crippen MR) is 80.0 cm³/mol. The number of rotatable bonds is 9. The van der Waals surface area contributed by atoms with Gasteiger partial charge in [-0.05, 0) is 24.0 Å². The molecule has 0 saturated heterocycles. The minimum Gasteiger partial charge on any atom is -0.480 e. The van der Waals surface area contributed by atoms with Gasteiger partial charge in [-0.3, -0.25) is 4.79 Å². The summed E-state index contributed by atoms with van der Waals surface area (Å²) in [6.45, 7) is 1.87. The van der Waals surface area contributed by atoms with E-state index in [0.29, 0.717) is 0 Å². The lowest BCUT2D eigenvalue weighted by Crippen LogP contribution is -2.42. The summed E-state index contributed by atoms with van der Waals surface area (Å²) in [5, 5.41) is 20.1. The second-order valence-electron chi connectivity index (χ2n) is 5.07. The molecule has 0 aliphatic heterocycles. The molecule has 3 N–H and O–H groups in total. The molecule has 0 aromatic heterocycles. The van der Waals surface area contributed by atoms with Crippen LogP contribution in [0.25, 0.3) is 0 Å². The van der Waals surface area contributed by atoms with Gasteiger partial charge in [0, 0.05) is 13.0 Å². The molecule has 21 heavy (non-hydrogen) atoms. The van der Waals surface area contributed by atoms with Crippen molar-refractivity contribution in [2.24, 2.45) is 0 Å². The Balaban J connectivity index is 2.52. The third-order valence-corrected chi connectivity index (χ3v) is 3.26. The molecule has 0 aliphatic rings. The van der Waals surface area contributed by atoms with Crippen molar-refractivity contribution >= 4 is 11.9 Å². The van der Waals surface area contributed by atoms with E-state index >= 15 is 0 Å². The molecule has 5 heteroatoms. The molecule has 1 aromatic carbocycles. The maximum absolute atomic E-state index is 11.8. The van der Waals surface area contributed by atoms with Crippen LogP contribution in [0.2, 0.25) is 0 Å². The van der Waals surface area contributed by atoms with Gasteiger partial charge in [0.25, 0.3) is 0 Å². The van der Waals surface area contributed by atoms with Gasteiger partial charge in [-0.1, -0.05) is 37.6 Å². The molecule has 5 nitrogen and oxygen atoms in total. The van der Waals surface area contributed by atoms with Crippen LogP contribution >= 0.6 is 0 Å². The Kier molecular flexibility index (Phi) is 7.46. The van der Waals surface area contributed by atoms with E-state index in [1.807, 2.05) is 24.3 Å². The van der Waals surface area contributed by atoms with Gasteiger partial charge in [-0.15, -0.1) is 0 Å². The molecular weight excluding hydrogens is 270 g/mol. The van der Waals surface area contributed by atoms with E-state index in [2.05, 4.69) is 12.2 Å². The van der Waals surface area contributed by atoms with Crippen LogP contribution in [-0.2, 0) is 22.4 Å². The molecule has 0 saturated carbocycles. The van der Waals surface area contributed by atoms with Crippen molar-refractivity contribution in [1.82, 2.24) is 5.32 Å². The number of aryl methyl sites for hydroxylation is 1. The minimum atomic E-state index is -1.13. The molecule has 0 radical (unpaired) electrons. The number of unbranched alkanes of at least 4 members (excludes halogenated alkanes) is 1. The Bertz CT molecular complexity index is 456. The Labute approximate surface area is 125 Å². The van der Waals surface area contributed by atoms with E-state index in [1.165, 1.54) is 5.56 Å². The topological polar surface area (TPSA) is 86.6 Å². The molecular formula is C16H23NO4. The summed E-state index contributed by atoms with van der Waals surface area (Å²) in [5.74, 6) is -1.48. The first-order valence-corrected chi connectivity index (χ1v) is 7.27. The van der Waals surface area contributed by atoms with Gasteiger partial charge in [0.15, 0.2) is 0 Å². The van der Waals surface area contributed by atoms with E-state index < -0.39 is 12.0 Å². The number of aliphatic carboxylic acids is 1. The van der Waals surface area contributed by atoms with Crippen LogP contribution in [0, 0.1) is 0 Å². The molecule has 0 heterocycles. The van der Waals surface area contributed by atoms with Crippen molar-refractivity contribution < 1.29 is 19.8 Å². The average molecular weight is 293 g/mol. The van der Waals surface area contributed by atoms with Crippen LogP contribution in [-0.4, -0.2) is 34.7 Å². The molecule has 1 atom stereocenters. The van der Waals surface area contributed by atoms with E-state index in [0.717, 1.165) is 24.8 Å². The normalized spacial score (nSPS) is 11.9. The number of benzene rings is 1. The quantitative estimate of drug-likeness (QED) is 0.644. The number of hydrogen-bond donors (Lipinski definition) is 3. The SMILES string of the molecule is CCCCc1ccc(CC(=O)NC(CCO)C(=O)O)cc1. The van der Waals surface area contributed by atoms with E-state index in [1.54, 1.807) is 0 Å². The van der Waals surface area contributed by atoms with Crippen molar-refractivity contribution in [3.8, 4) is 0 Å². The molecule has 1 unspecified atom stereocenters. The molecule has 0 spiro atoms. The first kappa shape index (κ1) is 17.2. The summed E-state index contributed by atoms with van der Waals surface area (Å²) < 4.78 is 0. The summed E-state index contributed by atoms with van der Waals surface area (Å²) in [7, 11) is 0. The molecule has 0 fully saturated rings. The highest BCUT2D eigenvalue weighted by molar-refractivity contribution is 5.84. The highest BCUT2D eigenvalue weighted by Crippen LogP contribution is 2.08. The van der Waals surface area contributed by atoms with Crippen molar-refractivity contribution in [2.75, 3.05) is 6.61 Å². The monoisotopic (exact) mass is 293 g/mol. The van der Waals surface area contributed by atoms with Gasteiger partial charge in [-0.2, -0.15) is 0 Å². The maximum atomic E-state index is 11.8. The standard InChI is InChI=1S/C16H23NO4/c1-2-3-4-12-5-7-13(8-6-12)11-15(19)17-14(9-10-18)16(20)21/h5-8,14,18H,2-4,9-11H2,1H3,(H,17,19)(H,20,21). The number of aliphatic hydroxyl groups excluding tert-OH is 1.